The summed E-state index contributed by atoms with van der Waals surface area (Å²) < 4.78 is 58.0. The van der Waals surface area contributed by atoms with Crippen molar-refractivity contribution < 1.29 is 27.4 Å². The second-order valence-electron chi connectivity index (χ2n) is 7.72. The third-order valence-corrected chi connectivity index (χ3v) is 6.32. The van der Waals surface area contributed by atoms with Crippen LogP contribution in [0.4, 0.5) is 34.6 Å². The Labute approximate surface area is 204 Å². The summed E-state index contributed by atoms with van der Waals surface area (Å²) >= 11 is 11.6. The van der Waals surface area contributed by atoms with Crippen molar-refractivity contribution in [2.45, 2.75) is 24.9 Å². The topological polar surface area (TPSA) is 89.5 Å². The molecule has 0 spiro atoms. The molecule has 0 amide bonds. The maximum absolute atomic E-state index is 15.0. The SMILES string of the molecule is O=[N+]([O-])c1cc([C@H]2CC[C@H](c3cc([N+](=O)[O-])c(Cl)cc3F)N2c2cc(F)[c]c(F)c2)c(F)cc1Cl. The highest BCUT2D eigenvalue weighted by Crippen LogP contribution is 2.50. The molecule has 1 heterocycles. The second-order valence-corrected chi connectivity index (χ2v) is 8.53. The number of hydrogen-bond donors (Lipinski definition) is 0. The highest BCUT2D eigenvalue weighted by molar-refractivity contribution is 6.33. The summed E-state index contributed by atoms with van der Waals surface area (Å²) in [5, 5.41) is 21.8. The number of halogens is 6. The molecule has 0 bridgehead atoms. The van der Waals surface area contributed by atoms with Crippen molar-refractivity contribution in [1.82, 2.24) is 0 Å². The van der Waals surface area contributed by atoms with Gasteiger partial charge in [0.05, 0.1) is 28.0 Å². The lowest BCUT2D eigenvalue weighted by molar-refractivity contribution is -0.384. The lowest BCUT2D eigenvalue weighted by Gasteiger charge is -2.33. The van der Waals surface area contributed by atoms with Gasteiger partial charge < -0.3 is 4.90 Å². The average molecular weight is 529 g/mol. The second kappa shape index (κ2) is 9.31. The van der Waals surface area contributed by atoms with Gasteiger partial charge in [-0.05, 0) is 37.1 Å². The maximum atomic E-state index is 15.0. The molecule has 1 saturated heterocycles. The van der Waals surface area contributed by atoms with Crippen LogP contribution in [-0.4, -0.2) is 9.85 Å². The molecule has 1 radical (unpaired) electrons. The molecular weight excluding hydrogens is 517 g/mol. The standard InChI is InChI=1S/C22H12Cl2F4N3O4/c23-15-8-17(27)13(6-21(15)30(32)33)19-1-2-20(29(19)12-4-10(25)3-11(26)5-12)14-7-22(31(34)35)16(24)9-18(14)28/h4-9,19-20H,1-2H2/t19-,20-/m1/s1. The lowest BCUT2D eigenvalue weighted by Crippen LogP contribution is -2.27. The zero-order valence-electron chi connectivity index (χ0n) is 17.3. The van der Waals surface area contributed by atoms with Crippen molar-refractivity contribution in [3.05, 3.63) is 107 Å². The molecule has 1 aliphatic heterocycles. The summed E-state index contributed by atoms with van der Waals surface area (Å²) in [6.07, 6.45) is 0.107. The first-order valence-corrected chi connectivity index (χ1v) is 10.7. The molecule has 1 fully saturated rings. The van der Waals surface area contributed by atoms with E-state index in [0.29, 0.717) is 0 Å². The van der Waals surface area contributed by atoms with Crippen LogP contribution >= 0.6 is 23.2 Å². The average Bonchev–Trinajstić information content (AvgIpc) is 3.17. The van der Waals surface area contributed by atoms with Crippen LogP contribution in [0.15, 0.2) is 36.4 Å². The molecule has 181 valence electrons. The van der Waals surface area contributed by atoms with Crippen LogP contribution in [0.25, 0.3) is 0 Å². The molecule has 13 heteroatoms. The van der Waals surface area contributed by atoms with Gasteiger partial charge >= 0.3 is 0 Å². The number of hydrogen-bond acceptors (Lipinski definition) is 5. The first kappa shape index (κ1) is 24.7. The van der Waals surface area contributed by atoms with Crippen LogP contribution < -0.4 is 4.90 Å². The molecule has 0 saturated carbocycles. The molecule has 0 N–H and O–H groups in total. The maximum Gasteiger partial charge on any atom is 0.288 e. The van der Waals surface area contributed by atoms with Gasteiger partial charge in [-0.3, -0.25) is 20.2 Å². The minimum absolute atomic E-state index is 0.0537. The number of nitro benzene ring substituents is 2. The van der Waals surface area contributed by atoms with Gasteiger partial charge in [0.15, 0.2) is 0 Å². The molecule has 0 aliphatic carbocycles. The normalized spacial score (nSPS) is 17.6. The lowest BCUT2D eigenvalue weighted by atomic mass is 10.0. The Morgan fingerprint density at radius 3 is 1.54 bits per heavy atom. The highest BCUT2D eigenvalue weighted by atomic mass is 35.5. The Morgan fingerprint density at radius 1 is 0.771 bits per heavy atom. The fourth-order valence-corrected chi connectivity index (χ4v) is 4.76. The highest BCUT2D eigenvalue weighted by Gasteiger charge is 2.40. The van der Waals surface area contributed by atoms with Gasteiger partial charge in [0, 0.05) is 28.9 Å². The van der Waals surface area contributed by atoms with E-state index < -0.39 is 66.6 Å². The van der Waals surface area contributed by atoms with Crippen molar-refractivity contribution >= 4 is 40.3 Å². The van der Waals surface area contributed by atoms with E-state index in [4.69, 9.17) is 23.2 Å². The van der Waals surface area contributed by atoms with E-state index in [-0.39, 0.29) is 29.7 Å². The van der Waals surface area contributed by atoms with Gasteiger partial charge in [0.25, 0.3) is 11.4 Å². The zero-order valence-corrected chi connectivity index (χ0v) is 18.8. The molecule has 3 aromatic rings. The van der Waals surface area contributed by atoms with Gasteiger partial charge in [-0.15, -0.1) is 0 Å². The van der Waals surface area contributed by atoms with Crippen LogP contribution in [-0.2, 0) is 0 Å². The van der Waals surface area contributed by atoms with Gasteiger partial charge in [-0.25, -0.2) is 17.6 Å². The van der Waals surface area contributed by atoms with E-state index in [1.54, 1.807) is 0 Å². The van der Waals surface area contributed by atoms with Gasteiger partial charge in [-0.1, -0.05) is 23.2 Å². The van der Waals surface area contributed by atoms with Crippen molar-refractivity contribution in [1.29, 1.82) is 0 Å². The van der Waals surface area contributed by atoms with Crippen molar-refractivity contribution in [3.63, 3.8) is 0 Å². The summed E-state index contributed by atoms with van der Waals surface area (Å²) in [5.74, 6) is -4.06. The molecule has 4 rings (SSSR count). The minimum atomic E-state index is -1.10. The number of nitro groups is 2. The molecule has 3 aromatic carbocycles. The van der Waals surface area contributed by atoms with Crippen LogP contribution in [0.1, 0.15) is 36.1 Å². The summed E-state index contributed by atoms with van der Waals surface area (Å²) in [6, 6.07) is 4.72. The third kappa shape index (κ3) is 4.61. The fourth-order valence-electron chi connectivity index (χ4n) is 4.32. The van der Waals surface area contributed by atoms with E-state index in [9.17, 15) is 37.8 Å². The smallest absolute Gasteiger partial charge is 0.288 e. The molecule has 35 heavy (non-hydrogen) atoms. The van der Waals surface area contributed by atoms with Crippen LogP contribution in [0.3, 0.4) is 0 Å². The largest absolute Gasteiger partial charge is 0.357 e. The molecule has 0 aromatic heterocycles. The molecule has 0 unspecified atom stereocenters. The van der Waals surface area contributed by atoms with E-state index in [1.807, 2.05) is 6.07 Å². The molecular formula is C22H12Cl2F4N3O4. The minimum Gasteiger partial charge on any atom is -0.357 e. The van der Waals surface area contributed by atoms with Gasteiger partial charge in [0.1, 0.15) is 33.3 Å². The predicted octanol–water partition coefficient (Wildman–Crippen LogP) is 7.25. The predicted molar refractivity (Wildman–Crippen MR) is 119 cm³/mol. The summed E-state index contributed by atoms with van der Waals surface area (Å²) in [4.78, 5) is 22.3. The van der Waals surface area contributed by atoms with Gasteiger partial charge in [0.2, 0.25) is 0 Å². The number of rotatable bonds is 5. The summed E-state index contributed by atoms with van der Waals surface area (Å²) in [5.41, 5.74) is -1.79. The first-order valence-electron chi connectivity index (χ1n) is 9.91. The van der Waals surface area contributed by atoms with Crippen molar-refractivity contribution in [3.8, 4) is 0 Å². The van der Waals surface area contributed by atoms with E-state index >= 15 is 0 Å². The number of benzene rings is 3. The Hall–Kier alpha value is -3.44. The van der Waals surface area contributed by atoms with Crippen LogP contribution in [0.2, 0.25) is 10.0 Å². The van der Waals surface area contributed by atoms with Crippen molar-refractivity contribution in [2.24, 2.45) is 0 Å². The molecule has 2 atom stereocenters. The molecule has 1 aliphatic rings. The van der Waals surface area contributed by atoms with Crippen molar-refractivity contribution in [2.75, 3.05) is 4.90 Å². The van der Waals surface area contributed by atoms with E-state index in [1.165, 1.54) is 4.90 Å². The van der Waals surface area contributed by atoms with Crippen LogP contribution in [0.5, 0.6) is 0 Å². The Kier molecular flexibility index (Phi) is 6.56. The van der Waals surface area contributed by atoms with Gasteiger partial charge in [-0.2, -0.15) is 0 Å². The fraction of sp³-hybridized carbons (Fsp3) is 0.182. The number of anilines is 1. The zero-order chi connectivity index (χ0) is 25.6. The summed E-state index contributed by atoms with van der Waals surface area (Å²) in [7, 11) is 0. The van der Waals surface area contributed by atoms with E-state index in [0.717, 1.165) is 36.4 Å². The summed E-state index contributed by atoms with van der Waals surface area (Å²) in [6.45, 7) is 0. The van der Waals surface area contributed by atoms with Crippen LogP contribution in [0, 0.1) is 49.6 Å². The Bertz CT molecular complexity index is 1280. The number of nitrogens with zero attached hydrogens (tertiary/aromatic N) is 3. The first-order chi connectivity index (χ1) is 16.5. The third-order valence-electron chi connectivity index (χ3n) is 5.71. The monoisotopic (exact) mass is 528 g/mol. The molecule has 7 nitrogen and oxygen atoms in total. The quantitative estimate of drug-likeness (QED) is 0.197. The Balaban J connectivity index is 1.93. The Morgan fingerprint density at radius 2 is 1.17 bits per heavy atom. The van der Waals surface area contributed by atoms with E-state index in [2.05, 4.69) is 0 Å².